The molecule has 0 aliphatic heterocycles. The van der Waals surface area contributed by atoms with Crippen molar-refractivity contribution in [2.75, 3.05) is 6.61 Å². The van der Waals surface area contributed by atoms with Crippen LogP contribution in [-0.4, -0.2) is 18.5 Å². The standard InChI is InChI=1S/C35H32O5/c1-24(2)34(36)38-22-21-26-5-9-28(10-6-26)29-11-7-27(8-12-29)23-39-32-17-13-30(14-18-32)31-15-19-33(20-16-31)40-35(37)25(3)4/h5-20H,1,3,21-23H2,2,4H3. The van der Waals surface area contributed by atoms with Gasteiger partial charge in [-0.3, -0.25) is 0 Å². The number of carbonyl (C=O) groups is 2. The Morgan fingerprint density at radius 3 is 1.48 bits per heavy atom. The second-order valence-corrected chi connectivity index (χ2v) is 9.57. The van der Waals surface area contributed by atoms with Gasteiger partial charge in [0.2, 0.25) is 0 Å². The lowest BCUT2D eigenvalue weighted by Gasteiger charge is -2.10. The Morgan fingerprint density at radius 2 is 1.00 bits per heavy atom. The van der Waals surface area contributed by atoms with Crippen LogP contribution in [0.3, 0.4) is 0 Å². The summed E-state index contributed by atoms with van der Waals surface area (Å²) in [5.74, 6) is 0.475. The number of rotatable bonds is 11. The van der Waals surface area contributed by atoms with Gasteiger partial charge in [-0.25, -0.2) is 9.59 Å². The van der Waals surface area contributed by atoms with Crippen LogP contribution in [-0.2, 0) is 27.4 Å². The van der Waals surface area contributed by atoms with E-state index >= 15 is 0 Å². The van der Waals surface area contributed by atoms with Crippen molar-refractivity contribution in [1.29, 1.82) is 0 Å². The smallest absolute Gasteiger partial charge is 0.338 e. The van der Waals surface area contributed by atoms with Crippen LogP contribution in [0, 0.1) is 0 Å². The van der Waals surface area contributed by atoms with Crippen LogP contribution in [0.2, 0.25) is 0 Å². The lowest BCUT2D eigenvalue weighted by Crippen LogP contribution is -2.07. The first-order chi connectivity index (χ1) is 19.3. The lowest BCUT2D eigenvalue weighted by atomic mass is 10.0. The first kappa shape index (κ1) is 28.1. The largest absolute Gasteiger partial charge is 0.489 e. The van der Waals surface area contributed by atoms with Gasteiger partial charge in [0.15, 0.2) is 0 Å². The van der Waals surface area contributed by atoms with Crippen molar-refractivity contribution in [3.8, 4) is 33.8 Å². The molecule has 0 atom stereocenters. The summed E-state index contributed by atoms with van der Waals surface area (Å²) in [4.78, 5) is 23.2. The molecule has 0 saturated heterocycles. The molecular weight excluding hydrogens is 500 g/mol. The molecule has 5 heteroatoms. The lowest BCUT2D eigenvalue weighted by molar-refractivity contribution is -0.138. The molecule has 0 radical (unpaired) electrons. The van der Waals surface area contributed by atoms with E-state index in [1.165, 1.54) is 0 Å². The number of benzene rings is 4. The molecule has 0 fully saturated rings. The third-order valence-corrected chi connectivity index (χ3v) is 6.22. The van der Waals surface area contributed by atoms with Gasteiger partial charge in [0.05, 0.1) is 6.61 Å². The van der Waals surface area contributed by atoms with Crippen molar-refractivity contribution < 1.29 is 23.8 Å². The van der Waals surface area contributed by atoms with Crippen LogP contribution in [0.4, 0.5) is 0 Å². The Kier molecular flexibility index (Phi) is 9.31. The molecule has 0 aliphatic carbocycles. The van der Waals surface area contributed by atoms with Crippen LogP contribution in [0.25, 0.3) is 22.3 Å². The molecule has 0 heterocycles. The van der Waals surface area contributed by atoms with Gasteiger partial charge in [0.25, 0.3) is 0 Å². The second-order valence-electron chi connectivity index (χ2n) is 9.57. The van der Waals surface area contributed by atoms with E-state index < -0.39 is 5.97 Å². The zero-order valence-electron chi connectivity index (χ0n) is 22.8. The van der Waals surface area contributed by atoms with E-state index in [1.807, 2.05) is 36.4 Å². The van der Waals surface area contributed by atoms with E-state index in [2.05, 4.69) is 61.7 Å². The maximum absolute atomic E-state index is 11.7. The first-order valence-electron chi connectivity index (χ1n) is 13.0. The highest BCUT2D eigenvalue weighted by Crippen LogP contribution is 2.26. The Hall–Kier alpha value is -4.90. The summed E-state index contributed by atoms with van der Waals surface area (Å²) in [6.07, 6.45) is 0.663. The molecule has 4 aromatic rings. The van der Waals surface area contributed by atoms with E-state index in [0.29, 0.717) is 36.5 Å². The third-order valence-electron chi connectivity index (χ3n) is 6.22. The molecule has 0 spiro atoms. The monoisotopic (exact) mass is 532 g/mol. The molecule has 0 aromatic heterocycles. The average molecular weight is 533 g/mol. The Morgan fingerprint density at radius 1 is 0.575 bits per heavy atom. The Bertz CT molecular complexity index is 1480. The summed E-state index contributed by atoms with van der Waals surface area (Å²) in [5, 5.41) is 0. The highest BCUT2D eigenvalue weighted by molar-refractivity contribution is 5.89. The van der Waals surface area contributed by atoms with Crippen LogP contribution < -0.4 is 9.47 Å². The molecular formula is C35H32O5. The van der Waals surface area contributed by atoms with Crippen LogP contribution in [0.15, 0.2) is 121 Å². The van der Waals surface area contributed by atoms with Gasteiger partial charge in [-0.2, -0.15) is 0 Å². The summed E-state index contributed by atoms with van der Waals surface area (Å²) in [5.41, 5.74) is 7.23. The molecule has 40 heavy (non-hydrogen) atoms. The highest BCUT2D eigenvalue weighted by Gasteiger charge is 2.07. The molecule has 202 valence electrons. The van der Waals surface area contributed by atoms with Gasteiger partial charge >= 0.3 is 11.9 Å². The molecule has 5 nitrogen and oxygen atoms in total. The normalized spacial score (nSPS) is 10.4. The van der Waals surface area contributed by atoms with E-state index in [4.69, 9.17) is 14.2 Å². The predicted octanol–water partition coefficient (Wildman–Crippen LogP) is 7.74. The molecule has 4 aromatic carbocycles. The number of ether oxygens (including phenoxy) is 3. The van der Waals surface area contributed by atoms with Crippen molar-refractivity contribution >= 4 is 11.9 Å². The predicted molar refractivity (Wildman–Crippen MR) is 158 cm³/mol. The van der Waals surface area contributed by atoms with Crippen LogP contribution in [0.1, 0.15) is 25.0 Å². The maximum Gasteiger partial charge on any atom is 0.338 e. The minimum atomic E-state index is -0.435. The summed E-state index contributed by atoms with van der Waals surface area (Å²) in [7, 11) is 0. The second kappa shape index (κ2) is 13.3. The van der Waals surface area contributed by atoms with Gasteiger partial charge < -0.3 is 14.2 Å². The number of carbonyl (C=O) groups excluding carboxylic acids is 2. The van der Waals surface area contributed by atoms with E-state index in [9.17, 15) is 9.59 Å². The van der Waals surface area contributed by atoms with Gasteiger partial charge in [-0.15, -0.1) is 0 Å². The van der Waals surface area contributed by atoms with Gasteiger partial charge in [0.1, 0.15) is 18.1 Å². The van der Waals surface area contributed by atoms with Crippen molar-refractivity contribution in [3.63, 3.8) is 0 Å². The number of esters is 2. The van der Waals surface area contributed by atoms with E-state index in [1.54, 1.807) is 26.0 Å². The van der Waals surface area contributed by atoms with Crippen LogP contribution in [0.5, 0.6) is 11.5 Å². The summed E-state index contributed by atoms with van der Waals surface area (Å²) < 4.78 is 16.4. The fourth-order valence-electron chi connectivity index (χ4n) is 3.86. The fourth-order valence-corrected chi connectivity index (χ4v) is 3.86. The van der Waals surface area contributed by atoms with Gasteiger partial charge in [-0.1, -0.05) is 86.0 Å². The quantitative estimate of drug-likeness (QED) is 0.112. The molecule has 0 bridgehead atoms. The van der Waals surface area contributed by atoms with Crippen molar-refractivity contribution in [3.05, 3.63) is 132 Å². The van der Waals surface area contributed by atoms with Gasteiger partial charge in [-0.05, 0) is 71.5 Å². The Balaban J connectivity index is 1.27. The zero-order valence-corrected chi connectivity index (χ0v) is 22.8. The summed E-state index contributed by atoms with van der Waals surface area (Å²) in [6, 6.07) is 31.8. The molecule has 4 rings (SSSR count). The molecule has 0 amide bonds. The summed E-state index contributed by atoms with van der Waals surface area (Å²) >= 11 is 0. The van der Waals surface area contributed by atoms with Crippen LogP contribution >= 0.6 is 0 Å². The summed E-state index contributed by atoms with van der Waals surface area (Å²) in [6.45, 7) is 11.2. The first-order valence-corrected chi connectivity index (χ1v) is 13.0. The fraction of sp³-hybridized carbons (Fsp3) is 0.143. The van der Waals surface area contributed by atoms with E-state index in [0.717, 1.165) is 39.1 Å². The van der Waals surface area contributed by atoms with Gasteiger partial charge in [0, 0.05) is 17.6 Å². The van der Waals surface area contributed by atoms with E-state index in [-0.39, 0.29) is 5.97 Å². The van der Waals surface area contributed by atoms with Crippen molar-refractivity contribution in [2.45, 2.75) is 26.9 Å². The minimum absolute atomic E-state index is 0.338. The van der Waals surface area contributed by atoms with Crippen molar-refractivity contribution in [1.82, 2.24) is 0 Å². The third kappa shape index (κ3) is 7.81. The molecule has 0 unspecified atom stereocenters. The average Bonchev–Trinajstić information content (AvgIpc) is 2.97. The zero-order chi connectivity index (χ0) is 28.5. The maximum atomic E-state index is 11.7. The molecule has 0 saturated carbocycles. The Labute approximate surface area is 235 Å². The molecule has 0 aliphatic rings. The SMILES string of the molecule is C=C(C)C(=O)OCCc1ccc(-c2ccc(COc3ccc(-c4ccc(OC(=O)C(=C)C)cc4)cc3)cc2)cc1. The highest BCUT2D eigenvalue weighted by atomic mass is 16.5. The minimum Gasteiger partial charge on any atom is -0.489 e. The van der Waals surface area contributed by atoms with Crippen molar-refractivity contribution in [2.24, 2.45) is 0 Å². The number of hydrogen-bond acceptors (Lipinski definition) is 5. The molecule has 0 N–H and O–H groups in total. The topological polar surface area (TPSA) is 61.8 Å². The number of hydrogen-bond donors (Lipinski definition) is 0.